The molecule has 0 unspecified atom stereocenters. The van der Waals surface area contributed by atoms with Crippen LogP contribution in [0, 0.1) is 0 Å². The van der Waals surface area contributed by atoms with Crippen molar-refractivity contribution in [2.75, 3.05) is 24.9 Å². The Hall–Kier alpha value is -3.78. The Bertz CT molecular complexity index is 1300. The van der Waals surface area contributed by atoms with Gasteiger partial charge in [-0.1, -0.05) is 6.07 Å². The summed E-state index contributed by atoms with van der Waals surface area (Å²) in [7, 11) is 3.29. The molecule has 0 spiro atoms. The van der Waals surface area contributed by atoms with Crippen molar-refractivity contribution in [2.24, 2.45) is 0 Å². The lowest BCUT2D eigenvalue weighted by atomic mass is 9.89. The van der Waals surface area contributed by atoms with Gasteiger partial charge in [0.2, 0.25) is 0 Å². The van der Waals surface area contributed by atoms with Crippen LogP contribution in [0.25, 0.3) is 0 Å². The predicted molar refractivity (Wildman–Crippen MR) is 137 cm³/mol. The Labute approximate surface area is 208 Å². The van der Waals surface area contributed by atoms with Crippen LogP contribution in [0.2, 0.25) is 0 Å². The quantitative estimate of drug-likeness (QED) is 0.312. The zero-order chi connectivity index (χ0) is 24.2. The van der Waals surface area contributed by atoms with Crippen LogP contribution in [0.15, 0.2) is 65.4 Å². The summed E-state index contributed by atoms with van der Waals surface area (Å²) in [5.41, 5.74) is 3.25. The van der Waals surface area contributed by atoms with Crippen molar-refractivity contribution in [3.8, 4) is 11.5 Å². The molecule has 180 valence electrons. The molecule has 1 aliphatic rings. The van der Waals surface area contributed by atoms with Gasteiger partial charge < -0.3 is 24.5 Å². The second kappa shape index (κ2) is 10.2. The Balaban J connectivity index is 1.65. The van der Waals surface area contributed by atoms with Gasteiger partial charge in [0.05, 0.1) is 26.5 Å². The first-order valence-electron chi connectivity index (χ1n) is 11.6. The van der Waals surface area contributed by atoms with E-state index in [9.17, 15) is 4.79 Å². The van der Waals surface area contributed by atoms with Crippen molar-refractivity contribution in [1.29, 1.82) is 0 Å². The zero-order valence-electron chi connectivity index (χ0n) is 19.7. The molecule has 0 saturated carbocycles. The lowest BCUT2D eigenvalue weighted by Crippen LogP contribution is -2.19. The molecule has 1 aromatic carbocycles. The van der Waals surface area contributed by atoms with E-state index in [1.807, 2.05) is 36.4 Å². The monoisotopic (exact) mass is 489 g/mol. The van der Waals surface area contributed by atoms with Crippen molar-refractivity contribution in [3.63, 3.8) is 0 Å². The Morgan fingerprint density at radius 2 is 1.97 bits per heavy atom. The van der Waals surface area contributed by atoms with E-state index in [1.54, 1.807) is 43.9 Å². The molecule has 3 heterocycles. The summed E-state index contributed by atoms with van der Waals surface area (Å²) >= 11 is 1.64. The van der Waals surface area contributed by atoms with Gasteiger partial charge in [-0.25, -0.2) is 4.98 Å². The average Bonchev–Trinajstić information content (AvgIpc) is 3.56. The van der Waals surface area contributed by atoms with Gasteiger partial charge >= 0.3 is 0 Å². The minimum atomic E-state index is -0.309. The number of nitrogens with zero attached hydrogens (tertiary/aromatic N) is 1. The number of carbonyl (C=O) groups is 1. The van der Waals surface area contributed by atoms with E-state index in [0.717, 1.165) is 47.6 Å². The number of amides is 1. The van der Waals surface area contributed by atoms with Gasteiger partial charge in [-0.15, -0.1) is 11.3 Å². The fourth-order valence-electron chi connectivity index (χ4n) is 4.52. The summed E-state index contributed by atoms with van der Waals surface area (Å²) in [6.45, 7) is 0. The topological polar surface area (TPSA) is 85.6 Å². The highest BCUT2D eigenvalue weighted by Gasteiger charge is 2.31. The maximum absolute atomic E-state index is 13.0. The molecule has 5 rings (SSSR count). The van der Waals surface area contributed by atoms with Gasteiger partial charge in [0, 0.05) is 28.3 Å². The number of fused-ring (bicyclic) bond motifs is 1. The van der Waals surface area contributed by atoms with Crippen LogP contribution in [0.4, 0.5) is 10.8 Å². The predicted octanol–water partition coefficient (Wildman–Crippen LogP) is 6.09. The van der Waals surface area contributed by atoms with Gasteiger partial charge in [0.1, 0.15) is 22.3 Å². The number of nitrogens with one attached hydrogen (secondary N) is 2. The van der Waals surface area contributed by atoms with E-state index in [4.69, 9.17) is 13.9 Å². The summed E-state index contributed by atoms with van der Waals surface area (Å²) in [5, 5.41) is 7.54. The molecule has 8 heteroatoms. The van der Waals surface area contributed by atoms with Crippen LogP contribution in [0.5, 0.6) is 11.5 Å². The molecule has 3 aromatic heterocycles. The molecule has 1 aliphatic carbocycles. The summed E-state index contributed by atoms with van der Waals surface area (Å²) in [6.07, 6.45) is 7.47. The third-order valence-electron chi connectivity index (χ3n) is 6.18. The first kappa shape index (κ1) is 23.0. The first-order chi connectivity index (χ1) is 17.2. The van der Waals surface area contributed by atoms with Gasteiger partial charge in [-0.3, -0.25) is 4.79 Å². The largest absolute Gasteiger partial charge is 0.497 e. The number of carbonyl (C=O) groups excluding carboxylic acids is 1. The number of aromatic nitrogens is 1. The highest BCUT2D eigenvalue weighted by atomic mass is 32.1. The number of furan rings is 1. The molecule has 0 bridgehead atoms. The molecule has 4 aromatic rings. The smallest absolute Gasteiger partial charge is 0.291 e. The van der Waals surface area contributed by atoms with Crippen molar-refractivity contribution < 1.29 is 18.7 Å². The van der Waals surface area contributed by atoms with Crippen LogP contribution in [0.1, 0.15) is 51.0 Å². The Morgan fingerprint density at radius 1 is 1.09 bits per heavy atom. The minimum absolute atomic E-state index is 0.270. The minimum Gasteiger partial charge on any atom is -0.497 e. The lowest BCUT2D eigenvalue weighted by molar-refractivity contribution is 0.0997. The van der Waals surface area contributed by atoms with Crippen molar-refractivity contribution >= 4 is 28.1 Å². The SMILES string of the molecule is COc1ccc([C@@H](Nc2ccccn2)c2c(NC(=O)c3ccco3)sc3c2CCCC3)c(OC)c1. The fourth-order valence-corrected chi connectivity index (χ4v) is 5.84. The molecular weight excluding hydrogens is 462 g/mol. The van der Waals surface area contributed by atoms with Crippen LogP contribution in [0.3, 0.4) is 0 Å². The highest BCUT2D eigenvalue weighted by molar-refractivity contribution is 7.16. The standard InChI is InChI=1S/C27H27N3O4S/c1-32-17-12-13-18(21(16-17)33-2)25(29-23-11-5-6-14-28-23)24-19-8-3-4-10-22(19)35-27(24)30-26(31)20-9-7-15-34-20/h5-7,9,11-16,25H,3-4,8,10H2,1-2H3,(H,28,29)(H,30,31)/t25-/m1/s1. The molecule has 0 aliphatic heterocycles. The first-order valence-corrected chi connectivity index (χ1v) is 12.4. The molecule has 0 radical (unpaired) electrons. The van der Waals surface area contributed by atoms with Gasteiger partial charge in [0.25, 0.3) is 5.91 Å². The van der Waals surface area contributed by atoms with Crippen molar-refractivity contribution in [2.45, 2.75) is 31.7 Å². The van der Waals surface area contributed by atoms with E-state index < -0.39 is 0 Å². The van der Waals surface area contributed by atoms with E-state index in [1.165, 1.54) is 16.7 Å². The molecule has 35 heavy (non-hydrogen) atoms. The van der Waals surface area contributed by atoms with Gasteiger partial charge in [-0.05, 0) is 67.6 Å². The molecule has 0 saturated heterocycles. The maximum atomic E-state index is 13.0. The maximum Gasteiger partial charge on any atom is 0.291 e. The second-order valence-corrected chi connectivity index (χ2v) is 9.39. The van der Waals surface area contributed by atoms with E-state index in [0.29, 0.717) is 11.5 Å². The number of aryl methyl sites for hydroxylation is 1. The molecule has 2 N–H and O–H groups in total. The molecular formula is C27H27N3O4S. The number of methoxy groups -OCH3 is 2. The van der Waals surface area contributed by atoms with Gasteiger partial charge in [0.15, 0.2) is 5.76 Å². The Morgan fingerprint density at radius 3 is 2.71 bits per heavy atom. The number of anilines is 2. The summed E-state index contributed by atoms with van der Waals surface area (Å²) in [4.78, 5) is 18.8. The lowest BCUT2D eigenvalue weighted by Gasteiger charge is -2.25. The van der Waals surface area contributed by atoms with Crippen molar-refractivity contribution in [1.82, 2.24) is 4.98 Å². The Kier molecular flexibility index (Phi) is 6.72. The number of ether oxygens (including phenoxy) is 2. The molecule has 0 fully saturated rings. The number of hydrogen-bond acceptors (Lipinski definition) is 7. The average molecular weight is 490 g/mol. The fraction of sp³-hybridized carbons (Fsp3) is 0.259. The summed E-state index contributed by atoms with van der Waals surface area (Å²) < 4.78 is 16.6. The van der Waals surface area contributed by atoms with E-state index in [-0.39, 0.29) is 17.7 Å². The van der Waals surface area contributed by atoms with Crippen LogP contribution in [-0.4, -0.2) is 25.1 Å². The third-order valence-corrected chi connectivity index (χ3v) is 7.40. The normalized spacial score (nSPS) is 13.5. The van der Waals surface area contributed by atoms with Crippen molar-refractivity contribution in [3.05, 3.63) is 88.3 Å². The summed E-state index contributed by atoms with van der Waals surface area (Å²) in [6, 6.07) is 14.6. The highest BCUT2D eigenvalue weighted by Crippen LogP contribution is 2.46. The zero-order valence-corrected chi connectivity index (χ0v) is 20.5. The molecule has 1 amide bonds. The summed E-state index contributed by atoms with van der Waals surface area (Å²) in [5.74, 6) is 2.14. The number of pyridine rings is 1. The third kappa shape index (κ3) is 4.74. The van der Waals surface area contributed by atoms with Crippen LogP contribution >= 0.6 is 11.3 Å². The van der Waals surface area contributed by atoms with Crippen LogP contribution < -0.4 is 20.1 Å². The molecule has 1 atom stereocenters. The van der Waals surface area contributed by atoms with E-state index in [2.05, 4.69) is 15.6 Å². The second-order valence-electron chi connectivity index (χ2n) is 8.29. The van der Waals surface area contributed by atoms with Gasteiger partial charge in [-0.2, -0.15) is 0 Å². The number of benzene rings is 1. The van der Waals surface area contributed by atoms with Crippen LogP contribution in [-0.2, 0) is 12.8 Å². The number of hydrogen-bond donors (Lipinski definition) is 2. The van der Waals surface area contributed by atoms with E-state index >= 15 is 0 Å². The number of thiophene rings is 1. The molecule has 7 nitrogen and oxygen atoms in total. The number of rotatable bonds is 8.